The van der Waals surface area contributed by atoms with Gasteiger partial charge in [-0.25, -0.2) is 13.4 Å². The number of hydrogen-bond acceptors (Lipinski definition) is 6. The van der Waals surface area contributed by atoms with E-state index < -0.39 is 10.0 Å². The first kappa shape index (κ1) is 14.5. The molecule has 1 aliphatic rings. The van der Waals surface area contributed by atoms with Gasteiger partial charge in [0, 0.05) is 22.7 Å². The molecule has 2 heterocycles. The zero-order valence-corrected chi connectivity index (χ0v) is 14.3. The van der Waals surface area contributed by atoms with Crippen LogP contribution in [0.25, 0.3) is 0 Å². The van der Waals surface area contributed by atoms with Gasteiger partial charge in [-0.2, -0.15) is 0 Å². The molecule has 2 aromatic rings. The van der Waals surface area contributed by atoms with Crippen molar-refractivity contribution in [2.75, 3.05) is 4.72 Å². The molecule has 2 aromatic heterocycles. The molecule has 3 rings (SSSR count). The van der Waals surface area contributed by atoms with Crippen molar-refractivity contribution in [3.63, 3.8) is 0 Å². The number of hydrogen-bond donors (Lipinski definition) is 2. The lowest BCUT2D eigenvalue weighted by atomic mass is 10.3. The Morgan fingerprint density at radius 3 is 2.85 bits per heavy atom. The molecule has 1 aliphatic carbocycles. The van der Waals surface area contributed by atoms with E-state index in [2.05, 4.69) is 25.6 Å². The first-order chi connectivity index (χ1) is 9.49. The minimum Gasteiger partial charge on any atom is -0.326 e. The summed E-state index contributed by atoms with van der Waals surface area (Å²) in [5.74, 6) is 0.515. The molecular weight excluding hydrogens is 382 g/mol. The highest BCUT2D eigenvalue weighted by molar-refractivity contribution is 9.11. The van der Waals surface area contributed by atoms with Crippen molar-refractivity contribution >= 4 is 53.8 Å². The Balaban J connectivity index is 1.84. The standard InChI is InChI=1S/C11H12BrN3O2S3/c12-10-9(3-7(4-13)19-10)20(16,17)15-11-14-8(5-18-11)6-1-2-6/h3,5-6H,1-2,4,13H2,(H,14,15). The highest BCUT2D eigenvalue weighted by Crippen LogP contribution is 2.41. The van der Waals surface area contributed by atoms with Crippen LogP contribution in [0.3, 0.4) is 0 Å². The zero-order chi connectivity index (χ0) is 14.3. The van der Waals surface area contributed by atoms with E-state index >= 15 is 0 Å². The molecule has 1 fully saturated rings. The molecule has 0 radical (unpaired) electrons. The van der Waals surface area contributed by atoms with Crippen LogP contribution in [0.5, 0.6) is 0 Å². The highest BCUT2D eigenvalue weighted by Gasteiger charge is 2.27. The quantitative estimate of drug-likeness (QED) is 0.816. The Kier molecular flexibility index (Phi) is 3.89. The van der Waals surface area contributed by atoms with Crippen molar-refractivity contribution in [3.05, 3.63) is 25.8 Å². The van der Waals surface area contributed by atoms with Crippen LogP contribution >= 0.6 is 38.6 Å². The van der Waals surface area contributed by atoms with E-state index in [0.717, 1.165) is 23.4 Å². The molecule has 108 valence electrons. The molecule has 0 atom stereocenters. The normalized spacial score (nSPS) is 15.5. The van der Waals surface area contributed by atoms with Crippen LogP contribution < -0.4 is 10.5 Å². The van der Waals surface area contributed by atoms with E-state index in [9.17, 15) is 8.42 Å². The number of rotatable bonds is 5. The second kappa shape index (κ2) is 5.38. The Morgan fingerprint density at radius 2 is 2.25 bits per heavy atom. The molecule has 9 heteroatoms. The molecule has 0 spiro atoms. The van der Waals surface area contributed by atoms with Gasteiger partial charge in [0.1, 0.15) is 4.90 Å². The number of nitrogens with two attached hydrogens (primary N) is 1. The van der Waals surface area contributed by atoms with Crippen molar-refractivity contribution in [2.45, 2.75) is 30.2 Å². The van der Waals surface area contributed by atoms with E-state index in [0.29, 0.717) is 21.4 Å². The minimum atomic E-state index is -3.62. The lowest BCUT2D eigenvalue weighted by Gasteiger charge is -2.03. The van der Waals surface area contributed by atoms with Gasteiger partial charge in [-0.05, 0) is 34.8 Å². The SMILES string of the molecule is NCc1cc(S(=O)(=O)Nc2nc(C3CC3)cs2)c(Br)s1. The first-order valence-electron chi connectivity index (χ1n) is 5.96. The Bertz CT molecular complexity index is 734. The third-order valence-electron chi connectivity index (χ3n) is 2.94. The third kappa shape index (κ3) is 2.91. The summed E-state index contributed by atoms with van der Waals surface area (Å²) in [4.78, 5) is 5.36. The Hall–Kier alpha value is -0.480. The first-order valence-corrected chi connectivity index (χ1v) is 9.93. The number of anilines is 1. The topological polar surface area (TPSA) is 85.1 Å². The summed E-state index contributed by atoms with van der Waals surface area (Å²) in [7, 11) is -3.62. The van der Waals surface area contributed by atoms with Gasteiger partial charge in [-0.3, -0.25) is 4.72 Å². The average molecular weight is 394 g/mol. The monoisotopic (exact) mass is 393 g/mol. The minimum absolute atomic E-state index is 0.214. The molecule has 0 aliphatic heterocycles. The van der Waals surface area contributed by atoms with Gasteiger partial charge >= 0.3 is 0 Å². The largest absolute Gasteiger partial charge is 0.326 e. The van der Waals surface area contributed by atoms with Crippen molar-refractivity contribution in [1.82, 2.24) is 4.98 Å². The van der Waals surface area contributed by atoms with Crippen LogP contribution in [-0.2, 0) is 16.6 Å². The number of thiazole rings is 1. The van der Waals surface area contributed by atoms with Gasteiger partial charge in [0.15, 0.2) is 5.13 Å². The van der Waals surface area contributed by atoms with E-state index in [4.69, 9.17) is 5.73 Å². The van der Waals surface area contributed by atoms with E-state index in [1.54, 1.807) is 6.07 Å². The molecule has 0 aromatic carbocycles. The second-order valence-electron chi connectivity index (χ2n) is 4.51. The van der Waals surface area contributed by atoms with E-state index in [1.807, 2.05) is 5.38 Å². The molecular formula is C11H12BrN3O2S3. The van der Waals surface area contributed by atoms with E-state index in [-0.39, 0.29) is 4.90 Å². The Labute approximate surface area is 133 Å². The number of sulfonamides is 1. The lowest BCUT2D eigenvalue weighted by molar-refractivity contribution is 0.601. The number of halogens is 1. The van der Waals surface area contributed by atoms with Gasteiger partial charge in [0.25, 0.3) is 10.0 Å². The van der Waals surface area contributed by atoms with Crippen LogP contribution in [-0.4, -0.2) is 13.4 Å². The highest BCUT2D eigenvalue weighted by atomic mass is 79.9. The summed E-state index contributed by atoms with van der Waals surface area (Å²) < 4.78 is 27.8. The summed E-state index contributed by atoms with van der Waals surface area (Å²) in [6.07, 6.45) is 2.29. The van der Waals surface area contributed by atoms with Gasteiger partial charge in [-0.15, -0.1) is 22.7 Å². The summed E-state index contributed by atoms with van der Waals surface area (Å²) in [6.45, 7) is 0.321. The summed E-state index contributed by atoms with van der Waals surface area (Å²) in [5, 5.41) is 2.34. The van der Waals surface area contributed by atoms with E-state index in [1.165, 1.54) is 22.7 Å². The fraction of sp³-hybridized carbons (Fsp3) is 0.364. The number of nitrogens with zero attached hydrogens (tertiary/aromatic N) is 1. The van der Waals surface area contributed by atoms with Crippen LogP contribution in [0.15, 0.2) is 20.1 Å². The molecule has 20 heavy (non-hydrogen) atoms. The number of nitrogens with one attached hydrogen (secondary N) is 1. The third-order valence-corrected chi connectivity index (χ3v) is 7.45. The van der Waals surface area contributed by atoms with Crippen molar-refractivity contribution in [1.29, 1.82) is 0 Å². The fourth-order valence-corrected chi connectivity index (χ4v) is 6.36. The van der Waals surface area contributed by atoms with Crippen molar-refractivity contribution < 1.29 is 8.42 Å². The fourth-order valence-electron chi connectivity index (χ4n) is 1.75. The van der Waals surface area contributed by atoms with Crippen LogP contribution in [0, 0.1) is 0 Å². The summed E-state index contributed by atoms with van der Waals surface area (Å²) >= 11 is 5.92. The maximum atomic E-state index is 12.3. The molecule has 5 nitrogen and oxygen atoms in total. The zero-order valence-electron chi connectivity index (χ0n) is 10.3. The maximum Gasteiger partial charge on any atom is 0.265 e. The van der Waals surface area contributed by atoms with Crippen molar-refractivity contribution in [2.24, 2.45) is 5.73 Å². The Morgan fingerprint density at radius 1 is 1.50 bits per heavy atom. The van der Waals surface area contributed by atoms with Crippen LogP contribution in [0.4, 0.5) is 5.13 Å². The van der Waals surface area contributed by atoms with Crippen LogP contribution in [0.2, 0.25) is 0 Å². The van der Waals surface area contributed by atoms with Crippen LogP contribution in [0.1, 0.15) is 29.3 Å². The predicted octanol–water partition coefficient (Wildman–Crippen LogP) is 3.10. The predicted molar refractivity (Wildman–Crippen MR) is 84.8 cm³/mol. The number of thiophene rings is 1. The van der Waals surface area contributed by atoms with Gasteiger partial charge < -0.3 is 5.73 Å². The molecule has 0 bridgehead atoms. The molecule has 0 amide bonds. The van der Waals surface area contributed by atoms with Crippen molar-refractivity contribution in [3.8, 4) is 0 Å². The summed E-state index contributed by atoms with van der Waals surface area (Å²) in [6, 6.07) is 1.59. The average Bonchev–Trinajstić information content (AvgIpc) is 3.02. The molecule has 1 saturated carbocycles. The molecule has 3 N–H and O–H groups in total. The summed E-state index contributed by atoms with van der Waals surface area (Å²) in [5.41, 5.74) is 6.52. The number of aromatic nitrogens is 1. The van der Waals surface area contributed by atoms with Gasteiger partial charge in [0.2, 0.25) is 0 Å². The second-order valence-corrected chi connectivity index (χ2v) is 9.48. The lowest BCUT2D eigenvalue weighted by Crippen LogP contribution is -2.12. The maximum absolute atomic E-state index is 12.3. The smallest absolute Gasteiger partial charge is 0.265 e. The molecule has 0 saturated heterocycles. The molecule has 0 unspecified atom stereocenters. The van der Waals surface area contributed by atoms with Gasteiger partial charge in [-0.1, -0.05) is 0 Å². The van der Waals surface area contributed by atoms with Gasteiger partial charge in [0.05, 0.1) is 9.48 Å².